The number of fused-ring (bicyclic) bond motifs is 1. The van der Waals surface area contributed by atoms with Gasteiger partial charge in [0.15, 0.2) is 5.65 Å². The van der Waals surface area contributed by atoms with Crippen LogP contribution in [0.4, 0.5) is 0 Å². The number of methoxy groups -OCH3 is 1. The fraction of sp³-hybridized carbons (Fsp3) is 0.400. The molecule has 2 aromatic rings. The second kappa shape index (κ2) is 3.20. The van der Waals surface area contributed by atoms with Gasteiger partial charge in [0.2, 0.25) is 0 Å². The highest BCUT2D eigenvalue weighted by Gasteiger charge is 2.24. The molecular formula is C10H12N4O. The lowest BCUT2D eigenvalue weighted by atomic mass is 10.0. The Morgan fingerprint density at radius 1 is 1.40 bits per heavy atom. The number of aromatic nitrogens is 3. The molecule has 78 valence electrons. The summed E-state index contributed by atoms with van der Waals surface area (Å²) in [5.41, 5.74) is 0.873. The number of hydrogen-bond acceptors (Lipinski definition) is 4. The summed E-state index contributed by atoms with van der Waals surface area (Å²) < 4.78 is 7.19. The van der Waals surface area contributed by atoms with E-state index >= 15 is 0 Å². The molecule has 3 rings (SSSR count). The third kappa shape index (κ3) is 1.27. The first-order chi connectivity index (χ1) is 7.38. The molecule has 1 aliphatic heterocycles. The van der Waals surface area contributed by atoms with E-state index in [-0.39, 0.29) is 0 Å². The van der Waals surface area contributed by atoms with E-state index in [2.05, 4.69) is 15.5 Å². The topological polar surface area (TPSA) is 51.5 Å². The Kier molecular flexibility index (Phi) is 1.85. The van der Waals surface area contributed by atoms with Gasteiger partial charge in [0.25, 0.3) is 0 Å². The minimum atomic E-state index is 0.479. The van der Waals surface area contributed by atoms with Crippen LogP contribution in [0.1, 0.15) is 11.7 Å². The molecular weight excluding hydrogens is 192 g/mol. The molecule has 5 nitrogen and oxygen atoms in total. The molecule has 15 heavy (non-hydrogen) atoms. The number of nitrogens with one attached hydrogen (secondary N) is 1. The van der Waals surface area contributed by atoms with Crippen LogP contribution in [0.3, 0.4) is 0 Å². The summed E-state index contributed by atoms with van der Waals surface area (Å²) in [5.74, 6) is 2.32. The van der Waals surface area contributed by atoms with Crippen LogP contribution < -0.4 is 10.1 Å². The Hall–Kier alpha value is -1.62. The van der Waals surface area contributed by atoms with Crippen LogP contribution in [0.15, 0.2) is 18.3 Å². The highest BCUT2D eigenvalue weighted by Crippen LogP contribution is 2.20. The number of hydrogen-bond donors (Lipinski definition) is 1. The molecule has 0 spiro atoms. The molecule has 1 aliphatic rings. The van der Waals surface area contributed by atoms with Gasteiger partial charge in [-0.15, -0.1) is 10.2 Å². The van der Waals surface area contributed by atoms with Crippen molar-refractivity contribution in [3.05, 3.63) is 24.2 Å². The molecule has 0 saturated carbocycles. The zero-order chi connectivity index (χ0) is 10.3. The molecule has 5 heteroatoms. The predicted molar refractivity (Wildman–Crippen MR) is 55.1 cm³/mol. The zero-order valence-electron chi connectivity index (χ0n) is 8.47. The van der Waals surface area contributed by atoms with Crippen LogP contribution in [0.25, 0.3) is 5.65 Å². The highest BCUT2D eigenvalue weighted by atomic mass is 16.5. The van der Waals surface area contributed by atoms with Gasteiger partial charge in [-0.2, -0.15) is 0 Å². The lowest BCUT2D eigenvalue weighted by Crippen LogP contribution is -2.40. The fourth-order valence-corrected chi connectivity index (χ4v) is 1.76. The lowest BCUT2D eigenvalue weighted by molar-refractivity contribution is 0.408. The van der Waals surface area contributed by atoms with Gasteiger partial charge < -0.3 is 10.1 Å². The standard InChI is InChI=1S/C10H12N4O/c1-15-8-2-3-9-12-13-10(14(9)6-8)7-4-11-5-7/h2-3,6-7,11H,4-5H2,1H3. The van der Waals surface area contributed by atoms with Gasteiger partial charge in [-0.1, -0.05) is 0 Å². The van der Waals surface area contributed by atoms with Crippen LogP contribution in [0.2, 0.25) is 0 Å². The first-order valence-electron chi connectivity index (χ1n) is 4.98. The normalized spacial score (nSPS) is 16.6. The van der Waals surface area contributed by atoms with Gasteiger partial charge in [0, 0.05) is 19.0 Å². The smallest absolute Gasteiger partial charge is 0.161 e. The van der Waals surface area contributed by atoms with Gasteiger partial charge in [-0.25, -0.2) is 0 Å². The van der Waals surface area contributed by atoms with Crippen molar-refractivity contribution in [2.45, 2.75) is 5.92 Å². The van der Waals surface area contributed by atoms with Gasteiger partial charge in [-0.3, -0.25) is 4.40 Å². The summed E-state index contributed by atoms with van der Waals surface area (Å²) in [6, 6.07) is 3.81. The minimum Gasteiger partial charge on any atom is -0.495 e. The number of ether oxygens (including phenoxy) is 1. The van der Waals surface area contributed by atoms with Crippen molar-refractivity contribution >= 4 is 5.65 Å². The van der Waals surface area contributed by atoms with Crippen LogP contribution >= 0.6 is 0 Å². The molecule has 0 aromatic carbocycles. The molecule has 0 unspecified atom stereocenters. The van der Waals surface area contributed by atoms with Gasteiger partial charge in [0.1, 0.15) is 11.6 Å². The lowest BCUT2D eigenvalue weighted by Gasteiger charge is -2.25. The van der Waals surface area contributed by atoms with E-state index in [1.165, 1.54) is 0 Å². The van der Waals surface area contributed by atoms with Gasteiger partial charge in [0.05, 0.1) is 13.3 Å². The van der Waals surface area contributed by atoms with E-state index in [0.29, 0.717) is 5.92 Å². The molecule has 1 fully saturated rings. The second-order valence-corrected chi connectivity index (χ2v) is 3.71. The highest BCUT2D eigenvalue weighted by molar-refractivity contribution is 5.42. The number of nitrogens with zero attached hydrogens (tertiary/aromatic N) is 3. The zero-order valence-corrected chi connectivity index (χ0v) is 8.47. The number of rotatable bonds is 2. The van der Waals surface area contributed by atoms with Crippen molar-refractivity contribution < 1.29 is 4.74 Å². The van der Waals surface area contributed by atoms with E-state index in [0.717, 1.165) is 30.3 Å². The molecule has 0 aliphatic carbocycles. The molecule has 3 heterocycles. The maximum Gasteiger partial charge on any atom is 0.161 e. The molecule has 0 bridgehead atoms. The molecule has 0 atom stereocenters. The van der Waals surface area contributed by atoms with Crippen molar-refractivity contribution in [3.8, 4) is 5.75 Å². The third-order valence-corrected chi connectivity index (χ3v) is 2.78. The third-order valence-electron chi connectivity index (χ3n) is 2.78. The Morgan fingerprint density at radius 2 is 2.27 bits per heavy atom. The molecule has 0 amide bonds. The quantitative estimate of drug-likeness (QED) is 0.770. The Labute approximate surface area is 87.1 Å². The van der Waals surface area contributed by atoms with Crippen molar-refractivity contribution in [2.24, 2.45) is 0 Å². The first-order valence-corrected chi connectivity index (χ1v) is 4.98. The van der Waals surface area contributed by atoms with Crippen molar-refractivity contribution in [3.63, 3.8) is 0 Å². The van der Waals surface area contributed by atoms with Crippen molar-refractivity contribution in [1.29, 1.82) is 0 Å². The molecule has 1 saturated heterocycles. The van der Waals surface area contributed by atoms with Gasteiger partial charge in [-0.05, 0) is 12.1 Å². The van der Waals surface area contributed by atoms with Crippen LogP contribution in [0.5, 0.6) is 5.75 Å². The maximum atomic E-state index is 5.19. The van der Waals surface area contributed by atoms with Crippen molar-refractivity contribution in [2.75, 3.05) is 20.2 Å². The largest absolute Gasteiger partial charge is 0.495 e. The summed E-state index contributed by atoms with van der Waals surface area (Å²) in [7, 11) is 1.66. The summed E-state index contributed by atoms with van der Waals surface area (Å²) in [6.07, 6.45) is 1.93. The Bertz CT molecular complexity index is 489. The summed E-state index contributed by atoms with van der Waals surface area (Å²) >= 11 is 0. The Balaban J connectivity index is 2.13. The second-order valence-electron chi connectivity index (χ2n) is 3.71. The van der Waals surface area contributed by atoms with Crippen LogP contribution in [-0.2, 0) is 0 Å². The van der Waals surface area contributed by atoms with E-state index in [1.807, 2.05) is 22.7 Å². The van der Waals surface area contributed by atoms with Crippen LogP contribution in [0, 0.1) is 0 Å². The van der Waals surface area contributed by atoms with E-state index in [9.17, 15) is 0 Å². The van der Waals surface area contributed by atoms with Crippen molar-refractivity contribution in [1.82, 2.24) is 19.9 Å². The maximum absolute atomic E-state index is 5.19. The molecule has 1 N–H and O–H groups in total. The predicted octanol–water partition coefficient (Wildman–Crippen LogP) is 0.425. The SMILES string of the molecule is COc1ccc2nnc(C3CNC3)n2c1. The number of pyridine rings is 1. The summed E-state index contributed by atoms with van der Waals surface area (Å²) in [5, 5.41) is 11.6. The van der Waals surface area contributed by atoms with E-state index in [4.69, 9.17) is 4.74 Å². The van der Waals surface area contributed by atoms with Gasteiger partial charge >= 0.3 is 0 Å². The summed E-state index contributed by atoms with van der Waals surface area (Å²) in [4.78, 5) is 0. The van der Waals surface area contributed by atoms with Crippen LogP contribution in [-0.4, -0.2) is 34.8 Å². The minimum absolute atomic E-state index is 0.479. The van der Waals surface area contributed by atoms with E-state index < -0.39 is 0 Å². The average Bonchev–Trinajstić information content (AvgIpc) is 2.59. The fourth-order valence-electron chi connectivity index (χ4n) is 1.76. The summed E-state index contributed by atoms with van der Waals surface area (Å²) in [6.45, 7) is 1.97. The van der Waals surface area contributed by atoms with E-state index in [1.54, 1.807) is 7.11 Å². The molecule has 0 radical (unpaired) electrons. The molecule has 2 aromatic heterocycles. The first kappa shape index (κ1) is 8.67. The average molecular weight is 204 g/mol. The Morgan fingerprint density at radius 3 is 2.93 bits per heavy atom. The monoisotopic (exact) mass is 204 g/mol.